The smallest absolute Gasteiger partial charge is 0.160 e. The van der Waals surface area contributed by atoms with Gasteiger partial charge in [-0.25, -0.2) is 9.97 Å². The molecule has 232 valence electrons. The Bertz CT molecular complexity index is 2480. The first-order chi connectivity index (χ1) is 24.0. The second-order valence-corrected chi connectivity index (χ2v) is 13.3. The minimum Gasteiger partial charge on any atom is -0.264 e. The largest absolute Gasteiger partial charge is 0.264 e. The van der Waals surface area contributed by atoms with Crippen LogP contribution in [0, 0.1) is 0 Å². The van der Waals surface area contributed by atoms with Crippen molar-refractivity contribution in [3.63, 3.8) is 0 Å². The molecule has 8 aromatic rings. The molecular formula is C46H33N3. The summed E-state index contributed by atoms with van der Waals surface area (Å²) in [4.78, 5) is 14.4. The average Bonchev–Trinajstić information content (AvgIpc) is 3.39. The maximum atomic E-state index is 5.08. The Morgan fingerprint density at radius 2 is 1.04 bits per heavy atom. The van der Waals surface area contributed by atoms with Gasteiger partial charge in [0.25, 0.3) is 0 Å². The van der Waals surface area contributed by atoms with Crippen molar-refractivity contribution >= 4 is 10.8 Å². The summed E-state index contributed by atoms with van der Waals surface area (Å²) in [6.07, 6.45) is 3.69. The Balaban J connectivity index is 1.12. The summed E-state index contributed by atoms with van der Waals surface area (Å²) in [7, 11) is 0. The van der Waals surface area contributed by atoms with Gasteiger partial charge in [-0.05, 0) is 79.5 Å². The van der Waals surface area contributed by atoms with Crippen molar-refractivity contribution in [3.05, 3.63) is 175 Å². The van der Waals surface area contributed by atoms with Gasteiger partial charge in [-0.2, -0.15) is 0 Å². The molecule has 3 nitrogen and oxygen atoms in total. The van der Waals surface area contributed by atoms with Crippen molar-refractivity contribution in [2.75, 3.05) is 0 Å². The summed E-state index contributed by atoms with van der Waals surface area (Å²) in [5.74, 6) is 0.709. The lowest BCUT2D eigenvalue weighted by Crippen LogP contribution is -2.14. The van der Waals surface area contributed by atoms with E-state index in [1.807, 2.05) is 30.5 Å². The fourth-order valence-corrected chi connectivity index (χ4v) is 7.36. The molecule has 1 aliphatic carbocycles. The molecule has 0 atom stereocenters. The fourth-order valence-electron chi connectivity index (χ4n) is 7.36. The summed E-state index contributed by atoms with van der Waals surface area (Å²) in [6.45, 7) is 4.70. The van der Waals surface area contributed by atoms with E-state index < -0.39 is 0 Å². The van der Waals surface area contributed by atoms with Crippen molar-refractivity contribution in [1.82, 2.24) is 15.0 Å². The first-order valence-electron chi connectivity index (χ1n) is 16.8. The molecule has 0 saturated heterocycles. The Morgan fingerprint density at radius 3 is 1.71 bits per heavy atom. The van der Waals surface area contributed by atoms with E-state index in [0.29, 0.717) is 5.82 Å². The van der Waals surface area contributed by atoms with Gasteiger partial charge in [0.1, 0.15) is 0 Å². The van der Waals surface area contributed by atoms with Crippen LogP contribution >= 0.6 is 0 Å². The third-order valence-corrected chi connectivity index (χ3v) is 9.99. The molecule has 0 saturated carbocycles. The minimum atomic E-state index is -0.0773. The van der Waals surface area contributed by atoms with E-state index in [9.17, 15) is 0 Å². The van der Waals surface area contributed by atoms with E-state index in [4.69, 9.17) is 9.97 Å². The van der Waals surface area contributed by atoms with Gasteiger partial charge in [0.2, 0.25) is 0 Å². The number of nitrogens with zero attached hydrogens (tertiary/aromatic N) is 3. The molecule has 6 aromatic carbocycles. The van der Waals surface area contributed by atoms with Crippen molar-refractivity contribution < 1.29 is 0 Å². The lowest BCUT2D eigenvalue weighted by molar-refractivity contribution is 0.661. The maximum absolute atomic E-state index is 5.08. The molecule has 0 spiro atoms. The topological polar surface area (TPSA) is 38.7 Å². The quantitative estimate of drug-likeness (QED) is 0.191. The Kier molecular flexibility index (Phi) is 6.80. The lowest BCUT2D eigenvalue weighted by atomic mass is 9.81. The summed E-state index contributed by atoms with van der Waals surface area (Å²) in [5.41, 5.74) is 14.9. The van der Waals surface area contributed by atoms with E-state index in [1.165, 1.54) is 44.2 Å². The van der Waals surface area contributed by atoms with Gasteiger partial charge in [-0.1, -0.05) is 141 Å². The molecule has 3 heteroatoms. The number of fused-ring (bicyclic) bond motifs is 4. The van der Waals surface area contributed by atoms with Crippen LogP contribution in [0.4, 0.5) is 0 Å². The first-order valence-corrected chi connectivity index (χ1v) is 16.8. The highest BCUT2D eigenvalue weighted by molar-refractivity contribution is 5.98. The average molecular weight is 628 g/mol. The molecule has 0 fully saturated rings. The van der Waals surface area contributed by atoms with E-state index in [2.05, 4.69) is 146 Å². The van der Waals surface area contributed by atoms with Crippen LogP contribution in [0.3, 0.4) is 0 Å². The molecule has 0 amide bonds. The summed E-state index contributed by atoms with van der Waals surface area (Å²) >= 11 is 0. The van der Waals surface area contributed by atoms with Crippen LogP contribution in [0.5, 0.6) is 0 Å². The molecule has 0 aliphatic heterocycles. The summed E-state index contributed by atoms with van der Waals surface area (Å²) in [6, 6.07) is 54.0. The monoisotopic (exact) mass is 627 g/mol. The van der Waals surface area contributed by atoms with Crippen LogP contribution < -0.4 is 0 Å². The second kappa shape index (κ2) is 11.5. The van der Waals surface area contributed by atoms with Gasteiger partial charge >= 0.3 is 0 Å². The third kappa shape index (κ3) is 5.03. The zero-order valence-corrected chi connectivity index (χ0v) is 27.4. The van der Waals surface area contributed by atoms with Gasteiger partial charge in [0, 0.05) is 34.5 Å². The highest BCUT2D eigenvalue weighted by Gasteiger charge is 2.37. The Labute approximate surface area is 286 Å². The predicted octanol–water partition coefficient (Wildman–Crippen LogP) is 11.7. The van der Waals surface area contributed by atoms with Crippen LogP contribution in [0.2, 0.25) is 0 Å². The standard InChI is InChI=1S/C46H33N3/c1-46(2)40-16-8-15-38(44(40)39-26-35-12-6-7-13-36(35)27-41(39)46)31-19-23-33(24-20-31)43-28-42(48-45(49-43)34-10-4-3-5-11-34)32-21-17-30(18-22-32)37-14-9-25-47-29-37/h3-29H,1-2H3. The van der Waals surface area contributed by atoms with E-state index in [-0.39, 0.29) is 5.41 Å². The predicted molar refractivity (Wildman–Crippen MR) is 202 cm³/mol. The normalized spacial score (nSPS) is 12.9. The van der Waals surface area contributed by atoms with Crippen molar-refractivity contribution in [2.24, 2.45) is 0 Å². The van der Waals surface area contributed by atoms with Crippen LogP contribution in [0.25, 0.3) is 78.1 Å². The van der Waals surface area contributed by atoms with Gasteiger partial charge in [-0.3, -0.25) is 4.98 Å². The maximum Gasteiger partial charge on any atom is 0.160 e. The highest BCUT2D eigenvalue weighted by Crippen LogP contribution is 2.53. The molecule has 49 heavy (non-hydrogen) atoms. The molecule has 0 radical (unpaired) electrons. The van der Waals surface area contributed by atoms with Gasteiger partial charge in [-0.15, -0.1) is 0 Å². The third-order valence-electron chi connectivity index (χ3n) is 9.99. The molecule has 0 unspecified atom stereocenters. The van der Waals surface area contributed by atoms with Crippen molar-refractivity contribution in [2.45, 2.75) is 19.3 Å². The number of aromatic nitrogens is 3. The first kappa shape index (κ1) is 29.0. The highest BCUT2D eigenvalue weighted by atomic mass is 14.9. The van der Waals surface area contributed by atoms with Gasteiger partial charge in [0.15, 0.2) is 5.82 Å². The molecule has 0 N–H and O–H groups in total. The minimum absolute atomic E-state index is 0.0773. The zero-order chi connectivity index (χ0) is 33.0. The molecule has 2 aromatic heterocycles. The lowest BCUT2D eigenvalue weighted by Gasteiger charge is -2.22. The van der Waals surface area contributed by atoms with Crippen LogP contribution in [0.1, 0.15) is 25.0 Å². The number of benzene rings is 6. The number of rotatable bonds is 5. The van der Waals surface area contributed by atoms with Crippen molar-refractivity contribution in [1.29, 1.82) is 0 Å². The zero-order valence-electron chi connectivity index (χ0n) is 27.4. The van der Waals surface area contributed by atoms with Crippen LogP contribution in [0.15, 0.2) is 164 Å². The summed E-state index contributed by atoms with van der Waals surface area (Å²) in [5, 5.41) is 2.56. The molecule has 9 rings (SSSR count). The second-order valence-electron chi connectivity index (χ2n) is 13.3. The van der Waals surface area contributed by atoms with E-state index in [1.54, 1.807) is 6.20 Å². The van der Waals surface area contributed by atoms with Crippen LogP contribution in [-0.2, 0) is 5.41 Å². The Hall–Kier alpha value is -6.19. The van der Waals surface area contributed by atoms with Crippen LogP contribution in [-0.4, -0.2) is 15.0 Å². The fraction of sp³-hybridized carbons (Fsp3) is 0.0652. The van der Waals surface area contributed by atoms with E-state index >= 15 is 0 Å². The molecule has 0 bridgehead atoms. The molecule has 1 aliphatic rings. The van der Waals surface area contributed by atoms with Gasteiger partial charge in [0.05, 0.1) is 11.4 Å². The van der Waals surface area contributed by atoms with Gasteiger partial charge < -0.3 is 0 Å². The molecule has 2 heterocycles. The summed E-state index contributed by atoms with van der Waals surface area (Å²) < 4.78 is 0. The number of hydrogen-bond donors (Lipinski definition) is 0. The number of pyridine rings is 1. The van der Waals surface area contributed by atoms with E-state index in [0.717, 1.165) is 39.2 Å². The number of hydrogen-bond acceptors (Lipinski definition) is 3. The SMILES string of the molecule is CC1(C)c2cc3ccccc3cc2-c2c(-c3ccc(-c4cc(-c5ccc(-c6cccnc6)cc5)nc(-c5ccccc5)n4)cc3)cccc21. The van der Waals surface area contributed by atoms with Crippen molar-refractivity contribution in [3.8, 4) is 67.3 Å². The molecular weight excluding hydrogens is 595 g/mol. The Morgan fingerprint density at radius 1 is 0.429 bits per heavy atom.